The molecule has 0 fully saturated rings. The van der Waals surface area contributed by atoms with Gasteiger partial charge in [-0.25, -0.2) is 0 Å². The number of rotatable bonds is 4. The first-order chi connectivity index (χ1) is 11.6. The van der Waals surface area contributed by atoms with E-state index in [0.29, 0.717) is 17.9 Å². The van der Waals surface area contributed by atoms with Gasteiger partial charge in [0.2, 0.25) is 0 Å². The van der Waals surface area contributed by atoms with E-state index in [1.807, 2.05) is 81.4 Å². The molecule has 3 heteroatoms. The summed E-state index contributed by atoms with van der Waals surface area (Å²) >= 11 is 0. The van der Waals surface area contributed by atoms with Crippen molar-refractivity contribution in [3.05, 3.63) is 82.1 Å². The number of aromatic nitrogens is 1. The standard InChI is InChI=1S/C21H21NO2/c1-4-24-20-15(2)19(17-11-7-5-8-12-17)22(21(23)16(20)3)18-13-9-6-10-14-18/h5-14H,4H2,1-3H3. The second-order valence-electron chi connectivity index (χ2n) is 5.70. The molecular weight excluding hydrogens is 298 g/mol. The third-order valence-electron chi connectivity index (χ3n) is 4.13. The van der Waals surface area contributed by atoms with Crippen LogP contribution in [0.5, 0.6) is 5.75 Å². The highest BCUT2D eigenvalue weighted by Gasteiger charge is 2.19. The smallest absolute Gasteiger partial charge is 0.262 e. The molecule has 0 unspecified atom stereocenters. The lowest BCUT2D eigenvalue weighted by atomic mass is 10.0. The Bertz CT molecular complexity index is 897. The van der Waals surface area contributed by atoms with E-state index in [2.05, 4.69) is 0 Å². The van der Waals surface area contributed by atoms with Gasteiger partial charge in [0.05, 0.1) is 17.9 Å². The van der Waals surface area contributed by atoms with Crippen molar-refractivity contribution in [2.45, 2.75) is 20.8 Å². The molecule has 0 atom stereocenters. The highest BCUT2D eigenvalue weighted by Crippen LogP contribution is 2.32. The Labute approximate surface area is 142 Å². The van der Waals surface area contributed by atoms with Crippen molar-refractivity contribution in [3.8, 4) is 22.7 Å². The average molecular weight is 319 g/mol. The summed E-state index contributed by atoms with van der Waals surface area (Å²) in [6, 6.07) is 19.7. The fraction of sp³-hybridized carbons (Fsp3) is 0.190. The van der Waals surface area contributed by atoms with E-state index < -0.39 is 0 Å². The Morgan fingerprint density at radius 3 is 2.04 bits per heavy atom. The van der Waals surface area contributed by atoms with Crippen LogP contribution in [0.1, 0.15) is 18.1 Å². The van der Waals surface area contributed by atoms with Gasteiger partial charge in [-0.1, -0.05) is 48.5 Å². The van der Waals surface area contributed by atoms with E-state index in [9.17, 15) is 4.79 Å². The summed E-state index contributed by atoms with van der Waals surface area (Å²) in [6.07, 6.45) is 0. The minimum absolute atomic E-state index is 0.0471. The Balaban J connectivity index is 2.42. The molecule has 0 amide bonds. The van der Waals surface area contributed by atoms with Crippen LogP contribution >= 0.6 is 0 Å². The molecule has 1 heterocycles. The summed E-state index contributed by atoms with van der Waals surface area (Å²) in [4.78, 5) is 13.1. The van der Waals surface area contributed by atoms with E-state index in [4.69, 9.17) is 4.74 Å². The number of pyridine rings is 1. The fourth-order valence-corrected chi connectivity index (χ4v) is 3.05. The van der Waals surface area contributed by atoms with E-state index in [1.165, 1.54) is 0 Å². The van der Waals surface area contributed by atoms with Gasteiger partial charge in [-0.3, -0.25) is 9.36 Å². The van der Waals surface area contributed by atoms with Crippen LogP contribution in [0.15, 0.2) is 65.5 Å². The van der Waals surface area contributed by atoms with Gasteiger partial charge in [0.1, 0.15) is 5.75 Å². The van der Waals surface area contributed by atoms with Gasteiger partial charge >= 0.3 is 0 Å². The molecule has 0 saturated carbocycles. The highest BCUT2D eigenvalue weighted by atomic mass is 16.5. The van der Waals surface area contributed by atoms with Crippen molar-refractivity contribution < 1.29 is 4.74 Å². The van der Waals surface area contributed by atoms with Gasteiger partial charge in [0, 0.05) is 11.3 Å². The number of nitrogens with zero attached hydrogens (tertiary/aromatic N) is 1. The number of para-hydroxylation sites is 1. The van der Waals surface area contributed by atoms with Crippen LogP contribution in [0.2, 0.25) is 0 Å². The lowest BCUT2D eigenvalue weighted by molar-refractivity contribution is 0.334. The third kappa shape index (κ3) is 2.73. The lowest BCUT2D eigenvalue weighted by Gasteiger charge is -2.20. The van der Waals surface area contributed by atoms with E-state index in [0.717, 1.165) is 22.5 Å². The van der Waals surface area contributed by atoms with Gasteiger partial charge in [0.15, 0.2) is 0 Å². The van der Waals surface area contributed by atoms with Gasteiger partial charge in [0.25, 0.3) is 5.56 Å². The van der Waals surface area contributed by atoms with Crippen LogP contribution in [0.25, 0.3) is 16.9 Å². The van der Waals surface area contributed by atoms with Gasteiger partial charge in [-0.15, -0.1) is 0 Å². The first-order valence-corrected chi connectivity index (χ1v) is 8.15. The summed E-state index contributed by atoms with van der Waals surface area (Å²) in [6.45, 7) is 6.31. The zero-order valence-corrected chi connectivity index (χ0v) is 14.2. The molecule has 0 spiro atoms. The average Bonchev–Trinajstić information content (AvgIpc) is 2.63. The molecule has 0 bridgehead atoms. The maximum absolute atomic E-state index is 13.1. The zero-order valence-electron chi connectivity index (χ0n) is 14.2. The largest absolute Gasteiger partial charge is 0.493 e. The molecule has 0 saturated heterocycles. The quantitative estimate of drug-likeness (QED) is 0.708. The van der Waals surface area contributed by atoms with E-state index >= 15 is 0 Å². The highest BCUT2D eigenvalue weighted by molar-refractivity contribution is 5.69. The Kier molecular flexibility index (Phi) is 4.52. The molecule has 24 heavy (non-hydrogen) atoms. The SMILES string of the molecule is CCOc1c(C)c(-c2ccccc2)n(-c2ccccc2)c(=O)c1C. The zero-order chi connectivity index (χ0) is 17.1. The fourth-order valence-electron chi connectivity index (χ4n) is 3.05. The topological polar surface area (TPSA) is 31.2 Å². The van der Waals surface area contributed by atoms with Crippen molar-refractivity contribution in [1.82, 2.24) is 4.57 Å². The van der Waals surface area contributed by atoms with Gasteiger partial charge in [-0.05, 0) is 38.5 Å². The van der Waals surface area contributed by atoms with Gasteiger partial charge in [-0.2, -0.15) is 0 Å². The number of ether oxygens (including phenoxy) is 1. The van der Waals surface area contributed by atoms with E-state index in [1.54, 1.807) is 4.57 Å². The summed E-state index contributed by atoms with van der Waals surface area (Å²) in [5.74, 6) is 0.688. The van der Waals surface area contributed by atoms with Crippen molar-refractivity contribution in [2.75, 3.05) is 6.61 Å². The molecule has 2 aromatic carbocycles. The molecule has 0 aliphatic rings. The van der Waals surface area contributed by atoms with Crippen LogP contribution < -0.4 is 10.3 Å². The molecule has 3 rings (SSSR count). The van der Waals surface area contributed by atoms with E-state index in [-0.39, 0.29) is 5.56 Å². The van der Waals surface area contributed by atoms with Crippen molar-refractivity contribution in [3.63, 3.8) is 0 Å². The number of hydrogen-bond donors (Lipinski definition) is 0. The monoisotopic (exact) mass is 319 g/mol. The molecule has 3 nitrogen and oxygen atoms in total. The summed E-state index contributed by atoms with van der Waals surface area (Å²) in [5, 5.41) is 0. The van der Waals surface area contributed by atoms with Crippen LogP contribution in [0, 0.1) is 13.8 Å². The third-order valence-corrected chi connectivity index (χ3v) is 4.13. The number of benzene rings is 2. The lowest BCUT2D eigenvalue weighted by Crippen LogP contribution is -2.24. The Hall–Kier alpha value is -2.81. The van der Waals surface area contributed by atoms with Crippen LogP contribution in [-0.2, 0) is 0 Å². The Morgan fingerprint density at radius 2 is 1.46 bits per heavy atom. The van der Waals surface area contributed by atoms with Crippen molar-refractivity contribution >= 4 is 0 Å². The molecular formula is C21H21NO2. The molecule has 0 aliphatic heterocycles. The molecule has 122 valence electrons. The minimum atomic E-state index is -0.0471. The Morgan fingerprint density at radius 1 is 0.875 bits per heavy atom. The second-order valence-corrected chi connectivity index (χ2v) is 5.70. The number of hydrogen-bond acceptors (Lipinski definition) is 2. The normalized spacial score (nSPS) is 10.6. The van der Waals surface area contributed by atoms with Crippen molar-refractivity contribution in [2.24, 2.45) is 0 Å². The summed E-state index contributed by atoms with van der Waals surface area (Å²) < 4.78 is 7.57. The molecule has 0 radical (unpaired) electrons. The molecule has 1 aromatic heterocycles. The minimum Gasteiger partial charge on any atom is -0.493 e. The summed E-state index contributed by atoms with van der Waals surface area (Å²) in [5.41, 5.74) is 4.30. The van der Waals surface area contributed by atoms with Gasteiger partial charge < -0.3 is 4.74 Å². The molecule has 3 aromatic rings. The summed E-state index contributed by atoms with van der Waals surface area (Å²) in [7, 11) is 0. The molecule has 0 N–H and O–H groups in total. The maximum Gasteiger partial charge on any atom is 0.262 e. The predicted molar refractivity (Wildman–Crippen MR) is 98.1 cm³/mol. The van der Waals surface area contributed by atoms with Crippen LogP contribution in [0.4, 0.5) is 0 Å². The molecule has 0 aliphatic carbocycles. The van der Waals surface area contributed by atoms with Crippen LogP contribution in [-0.4, -0.2) is 11.2 Å². The first kappa shape index (κ1) is 16.1. The maximum atomic E-state index is 13.1. The van der Waals surface area contributed by atoms with Crippen LogP contribution in [0.3, 0.4) is 0 Å². The predicted octanol–water partition coefficient (Wildman–Crippen LogP) is 4.52. The second kappa shape index (κ2) is 6.75. The first-order valence-electron chi connectivity index (χ1n) is 8.15. The van der Waals surface area contributed by atoms with Crippen molar-refractivity contribution in [1.29, 1.82) is 0 Å².